The van der Waals surface area contributed by atoms with Crippen molar-refractivity contribution in [3.05, 3.63) is 41.6 Å². The van der Waals surface area contributed by atoms with E-state index in [-0.39, 0.29) is 12.1 Å². The molecule has 0 aliphatic carbocycles. The van der Waals surface area contributed by atoms with Gasteiger partial charge in [0, 0.05) is 25.1 Å². The van der Waals surface area contributed by atoms with Gasteiger partial charge in [-0.25, -0.2) is 9.78 Å². The van der Waals surface area contributed by atoms with Crippen LogP contribution in [0.2, 0.25) is 0 Å². The van der Waals surface area contributed by atoms with E-state index in [1.165, 1.54) is 0 Å². The number of carbonyl (C=O) groups excluding carboxylic acids is 1. The average molecular weight is 384 g/mol. The summed E-state index contributed by atoms with van der Waals surface area (Å²) in [5.41, 5.74) is 2.65. The van der Waals surface area contributed by atoms with Crippen molar-refractivity contribution in [1.29, 1.82) is 0 Å². The van der Waals surface area contributed by atoms with Crippen LogP contribution < -0.4 is 25.0 Å². The van der Waals surface area contributed by atoms with Crippen LogP contribution in [-0.2, 0) is 0 Å². The van der Waals surface area contributed by atoms with Crippen LogP contribution in [0.4, 0.5) is 16.3 Å². The summed E-state index contributed by atoms with van der Waals surface area (Å²) in [4.78, 5) is 19.1. The standard InChI is InChI=1S/C21H28N4O3/c1-5-25(6-2)19-8-7-15(13-22-19)23-21(26)24-17-9-10-28-20-16(17)11-14(3)12-18(20)27-4/h7-8,11-13,17H,5-6,9-10H2,1-4H3,(H2,23,24,26). The Morgan fingerprint density at radius 2 is 2.11 bits per heavy atom. The lowest BCUT2D eigenvalue weighted by Gasteiger charge is -2.28. The number of anilines is 2. The van der Waals surface area contributed by atoms with E-state index in [0.717, 1.165) is 30.0 Å². The van der Waals surface area contributed by atoms with Gasteiger partial charge in [0.05, 0.1) is 31.6 Å². The zero-order chi connectivity index (χ0) is 20.1. The highest BCUT2D eigenvalue weighted by atomic mass is 16.5. The minimum absolute atomic E-state index is 0.138. The van der Waals surface area contributed by atoms with E-state index in [0.29, 0.717) is 30.2 Å². The second kappa shape index (κ2) is 8.82. The smallest absolute Gasteiger partial charge is 0.319 e. The number of urea groups is 1. The van der Waals surface area contributed by atoms with Gasteiger partial charge >= 0.3 is 6.03 Å². The van der Waals surface area contributed by atoms with Crippen molar-refractivity contribution < 1.29 is 14.3 Å². The van der Waals surface area contributed by atoms with Crippen LogP contribution in [0, 0.1) is 6.92 Å². The number of hydrogen-bond acceptors (Lipinski definition) is 5. The molecular weight excluding hydrogens is 356 g/mol. The monoisotopic (exact) mass is 384 g/mol. The van der Waals surface area contributed by atoms with Gasteiger partial charge in [0.1, 0.15) is 5.82 Å². The molecule has 0 saturated heterocycles. The van der Waals surface area contributed by atoms with Gasteiger partial charge in [0.15, 0.2) is 11.5 Å². The minimum atomic E-state index is -0.268. The van der Waals surface area contributed by atoms with Gasteiger partial charge in [0.25, 0.3) is 0 Å². The number of aryl methyl sites for hydroxylation is 1. The van der Waals surface area contributed by atoms with Gasteiger partial charge in [-0.1, -0.05) is 6.07 Å². The number of nitrogens with one attached hydrogen (secondary N) is 2. The van der Waals surface area contributed by atoms with Gasteiger partial charge in [0.2, 0.25) is 0 Å². The number of nitrogens with zero attached hydrogens (tertiary/aromatic N) is 2. The van der Waals surface area contributed by atoms with Crippen molar-refractivity contribution in [3.63, 3.8) is 0 Å². The van der Waals surface area contributed by atoms with Crippen LogP contribution in [0.25, 0.3) is 0 Å². The topological polar surface area (TPSA) is 75.7 Å². The fourth-order valence-corrected chi connectivity index (χ4v) is 3.44. The third kappa shape index (κ3) is 4.30. The highest BCUT2D eigenvalue weighted by molar-refractivity contribution is 5.89. The van der Waals surface area contributed by atoms with Crippen LogP contribution in [-0.4, -0.2) is 37.8 Å². The largest absolute Gasteiger partial charge is 0.493 e. The van der Waals surface area contributed by atoms with Gasteiger partial charge in [-0.2, -0.15) is 0 Å². The van der Waals surface area contributed by atoms with E-state index in [1.807, 2.05) is 31.2 Å². The Kier molecular flexibility index (Phi) is 6.23. The number of rotatable bonds is 6. The number of fused-ring (bicyclic) bond motifs is 1. The van der Waals surface area contributed by atoms with Gasteiger partial charge < -0.3 is 25.0 Å². The molecule has 1 aliphatic rings. The normalized spacial score (nSPS) is 15.2. The third-order valence-corrected chi connectivity index (χ3v) is 4.87. The van der Waals surface area contributed by atoms with Crippen LogP contribution in [0.15, 0.2) is 30.5 Å². The number of ether oxygens (including phenoxy) is 2. The summed E-state index contributed by atoms with van der Waals surface area (Å²) in [5.74, 6) is 2.30. The maximum absolute atomic E-state index is 12.5. The number of hydrogen-bond donors (Lipinski definition) is 2. The molecule has 0 radical (unpaired) electrons. The maximum atomic E-state index is 12.5. The lowest BCUT2D eigenvalue weighted by atomic mass is 9.98. The number of benzene rings is 1. The Hall–Kier alpha value is -2.96. The van der Waals surface area contributed by atoms with Crippen molar-refractivity contribution >= 4 is 17.5 Å². The van der Waals surface area contributed by atoms with E-state index < -0.39 is 0 Å². The Bertz CT molecular complexity index is 819. The predicted molar refractivity (Wildman–Crippen MR) is 111 cm³/mol. The lowest BCUT2D eigenvalue weighted by molar-refractivity contribution is 0.226. The fourth-order valence-electron chi connectivity index (χ4n) is 3.44. The molecule has 2 heterocycles. The molecule has 1 aromatic heterocycles. The first kappa shape index (κ1) is 19.8. The lowest BCUT2D eigenvalue weighted by Crippen LogP contribution is -2.35. The molecule has 1 atom stereocenters. The zero-order valence-corrected chi connectivity index (χ0v) is 16.9. The van der Waals surface area contributed by atoms with Gasteiger partial charge in [-0.15, -0.1) is 0 Å². The molecule has 2 aromatic rings. The SMILES string of the molecule is CCN(CC)c1ccc(NC(=O)NC2CCOc3c(OC)cc(C)cc32)cn1. The van der Waals surface area contributed by atoms with Crippen molar-refractivity contribution in [2.45, 2.75) is 33.2 Å². The summed E-state index contributed by atoms with van der Waals surface area (Å²) >= 11 is 0. The van der Waals surface area contributed by atoms with Crippen LogP contribution in [0.5, 0.6) is 11.5 Å². The van der Waals surface area contributed by atoms with Crippen molar-refractivity contribution in [2.75, 3.05) is 37.0 Å². The average Bonchev–Trinajstić information content (AvgIpc) is 2.70. The molecule has 1 aliphatic heterocycles. The molecule has 2 N–H and O–H groups in total. The number of methoxy groups -OCH3 is 1. The van der Waals surface area contributed by atoms with Crippen molar-refractivity contribution in [1.82, 2.24) is 10.3 Å². The van der Waals surface area contributed by atoms with E-state index in [1.54, 1.807) is 13.3 Å². The van der Waals surface area contributed by atoms with Crippen LogP contribution in [0.1, 0.15) is 37.4 Å². The maximum Gasteiger partial charge on any atom is 0.319 e. The van der Waals surface area contributed by atoms with Gasteiger partial charge in [-0.05, 0) is 44.5 Å². The minimum Gasteiger partial charge on any atom is -0.493 e. The molecule has 7 heteroatoms. The molecule has 0 saturated carbocycles. The fraction of sp³-hybridized carbons (Fsp3) is 0.429. The summed E-state index contributed by atoms with van der Waals surface area (Å²) in [5, 5.41) is 5.90. The summed E-state index contributed by atoms with van der Waals surface area (Å²) in [7, 11) is 1.62. The van der Waals surface area contributed by atoms with E-state index in [4.69, 9.17) is 9.47 Å². The van der Waals surface area contributed by atoms with Crippen LogP contribution >= 0.6 is 0 Å². The summed E-state index contributed by atoms with van der Waals surface area (Å²) < 4.78 is 11.2. The molecule has 0 spiro atoms. The Labute approximate surface area is 166 Å². The molecule has 1 aromatic carbocycles. The second-order valence-corrected chi connectivity index (χ2v) is 6.75. The molecule has 0 fully saturated rings. The first-order chi connectivity index (χ1) is 13.5. The van der Waals surface area contributed by atoms with Crippen LogP contribution in [0.3, 0.4) is 0 Å². The highest BCUT2D eigenvalue weighted by Gasteiger charge is 2.26. The summed E-state index contributed by atoms with van der Waals surface area (Å²) in [6, 6.07) is 7.34. The molecular formula is C21H28N4O3. The predicted octanol–water partition coefficient (Wildman–Crippen LogP) is 3.89. The second-order valence-electron chi connectivity index (χ2n) is 6.75. The van der Waals surface area contributed by atoms with E-state index >= 15 is 0 Å². The molecule has 28 heavy (non-hydrogen) atoms. The quantitative estimate of drug-likeness (QED) is 0.790. The Balaban J connectivity index is 1.69. The number of aromatic nitrogens is 1. The molecule has 3 rings (SSSR count). The van der Waals surface area contributed by atoms with Gasteiger partial charge in [-0.3, -0.25) is 0 Å². The Morgan fingerprint density at radius 3 is 2.75 bits per heavy atom. The molecule has 150 valence electrons. The molecule has 7 nitrogen and oxygen atoms in total. The zero-order valence-electron chi connectivity index (χ0n) is 16.9. The summed E-state index contributed by atoms with van der Waals surface area (Å²) in [6.45, 7) is 8.49. The van der Waals surface area contributed by atoms with E-state index in [9.17, 15) is 4.79 Å². The summed E-state index contributed by atoms with van der Waals surface area (Å²) in [6.07, 6.45) is 2.38. The van der Waals surface area contributed by atoms with E-state index in [2.05, 4.69) is 34.4 Å². The first-order valence-electron chi connectivity index (χ1n) is 9.65. The first-order valence-corrected chi connectivity index (χ1v) is 9.65. The van der Waals surface area contributed by atoms with Crippen molar-refractivity contribution in [2.24, 2.45) is 0 Å². The number of carbonyl (C=O) groups is 1. The molecule has 1 unspecified atom stereocenters. The Morgan fingerprint density at radius 1 is 1.32 bits per heavy atom. The molecule has 0 bridgehead atoms. The third-order valence-electron chi connectivity index (χ3n) is 4.87. The molecule has 2 amide bonds. The highest BCUT2D eigenvalue weighted by Crippen LogP contribution is 2.40. The van der Waals surface area contributed by atoms with Crippen molar-refractivity contribution in [3.8, 4) is 11.5 Å². The number of amides is 2. The number of pyridine rings is 1.